The van der Waals surface area contributed by atoms with Crippen LogP contribution >= 0.6 is 0 Å². The Hall–Kier alpha value is -4.19. The number of rotatable bonds is 10. The number of ether oxygens (including phenoxy) is 4. The number of amides is 1. The highest BCUT2D eigenvalue weighted by Gasteiger charge is 2.38. The zero-order valence-corrected chi connectivity index (χ0v) is 25.1. The van der Waals surface area contributed by atoms with Crippen molar-refractivity contribution in [2.45, 2.75) is 75.4 Å². The third-order valence-electron chi connectivity index (χ3n) is 8.22. The smallest absolute Gasteiger partial charge is 0.423 e. The van der Waals surface area contributed by atoms with Crippen molar-refractivity contribution in [1.29, 1.82) is 0 Å². The summed E-state index contributed by atoms with van der Waals surface area (Å²) < 4.78 is 88.9. The molecule has 1 aliphatic carbocycles. The van der Waals surface area contributed by atoms with Crippen molar-refractivity contribution < 1.29 is 45.7 Å². The SMILES string of the molecule is O=C(OCC(F)F)N(c1cnc(-c2cnn(C3CCOCC3)c2)cn1)C1CCC(Nc2ncc(C(F)(F)F)c(OC3COC3)n2)CC1. The number of carbonyl (C=O) groups excluding carboxylic acids is 1. The van der Waals surface area contributed by atoms with E-state index in [1.54, 1.807) is 6.20 Å². The first-order chi connectivity index (χ1) is 22.6. The summed E-state index contributed by atoms with van der Waals surface area (Å²) in [5.74, 6) is -0.483. The molecule has 254 valence electrons. The first-order valence-corrected chi connectivity index (χ1v) is 15.3. The van der Waals surface area contributed by atoms with Gasteiger partial charge in [-0.2, -0.15) is 23.3 Å². The first kappa shape index (κ1) is 32.7. The van der Waals surface area contributed by atoms with Crippen LogP contribution in [0.4, 0.5) is 38.5 Å². The molecule has 0 bridgehead atoms. The van der Waals surface area contributed by atoms with E-state index in [0.29, 0.717) is 50.8 Å². The highest BCUT2D eigenvalue weighted by Crippen LogP contribution is 2.36. The lowest BCUT2D eigenvalue weighted by Crippen LogP contribution is -2.45. The Kier molecular flexibility index (Phi) is 9.95. The average Bonchev–Trinajstić information content (AvgIpc) is 3.54. The number of nitrogens with one attached hydrogen (secondary N) is 1. The van der Waals surface area contributed by atoms with Crippen molar-refractivity contribution in [3.05, 3.63) is 36.5 Å². The van der Waals surface area contributed by atoms with Crippen LogP contribution in [0, 0.1) is 0 Å². The van der Waals surface area contributed by atoms with E-state index in [2.05, 4.69) is 30.4 Å². The molecule has 2 saturated heterocycles. The van der Waals surface area contributed by atoms with Gasteiger partial charge in [0.15, 0.2) is 12.4 Å². The van der Waals surface area contributed by atoms with Crippen LogP contribution < -0.4 is 15.0 Å². The van der Waals surface area contributed by atoms with Gasteiger partial charge in [-0.1, -0.05) is 0 Å². The average molecular weight is 669 g/mol. The molecule has 13 nitrogen and oxygen atoms in total. The van der Waals surface area contributed by atoms with Crippen molar-refractivity contribution in [2.24, 2.45) is 0 Å². The maximum Gasteiger partial charge on any atom is 0.423 e. The number of anilines is 2. The molecule has 1 N–H and O–H groups in total. The number of nitrogens with zero attached hydrogens (tertiary/aromatic N) is 7. The van der Waals surface area contributed by atoms with Crippen LogP contribution in [0.15, 0.2) is 31.0 Å². The van der Waals surface area contributed by atoms with Gasteiger partial charge in [0.05, 0.1) is 43.5 Å². The van der Waals surface area contributed by atoms with Crippen molar-refractivity contribution in [2.75, 3.05) is 43.3 Å². The maximum absolute atomic E-state index is 13.5. The molecule has 3 fully saturated rings. The van der Waals surface area contributed by atoms with Gasteiger partial charge in [-0.05, 0) is 38.5 Å². The Balaban J connectivity index is 1.12. The highest BCUT2D eigenvalue weighted by atomic mass is 19.4. The number of carbonyl (C=O) groups is 1. The van der Waals surface area contributed by atoms with Gasteiger partial charge >= 0.3 is 12.3 Å². The summed E-state index contributed by atoms with van der Waals surface area (Å²) in [6, 6.07) is -0.499. The normalized spacial score (nSPS) is 20.9. The Bertz CT molecular complexity index is 1490. The van der Waals surface area contributed by atoms with Gasteiger partial charge in [0.25, 0.3) is 6.43 Å². The number of alkyl halides is 5. The molecular weight excluding hydrogens is 635 g/mol. The van der Waals surface area contributed by atoms with E-state index in [0.717, 1.165) is 18.4 Å². The number of hydrogen-bond donors (Lipinski definition) is 1. The number of aromatic nitrogens is 6. The fourth-order valence-electron chi connectivity index (χ4n) is 5.67. The standard InChI is InChI=1S/C29H33F5N8O5/c30-24(31)16-46-28(43)42(25-12-35-23(11-36-25)17-9-38-41(13-17)19-5-7-44-8-6-19)20-3-1-18(2-4-20)39-27-37-10-22(29(32,33)34)26(40-27)47-21-14-45-15-21/h9-13,18-21,24H,1-8,14-16H2,(H,37,39,40). The molecule has 0 atom stereocenters. The lowest BCUT2D eigenvalue weighted by atomic mass is 9.90. The molecule has 0 unspecified atom stereocenters. The molecule has 1 saturated carbocycles. The van der Waals surface area contributed by atoms with E-state index in [-0.39, 0.29) is 37.1 Å². The third kappa shape index (κ3) is 8.04. The Morgan fingerprint density at radius 1 is 1.00 bits per heavy atom. The lowest BCUT2D eigenvalue weighted by Gasteiger charge is -2.35. The van der Waals surface area contributed by atoms with E-state index >= 15 is 0 Å². The predicted molar refractivity (Wildman–Crippen MR) is 154 cm³/mol. The van der Waals surface area contributed by atoms with Crippen molar-refractivity contribution in [3.8, 4) is 17.1 Å². The van der Waals surface area contributed by atoms with E-state index in [4.69, 9.17) is 18.9 Å². The molecule has 0 spiro atoms. The molecule has 18 heteroatoms. The maximum atomic E-state index is 13.5. The topological polar surface area (TPSA) is 139 Å². The molecule has 2 aliphatic heterocycles. The number of hydrogen-bond acceptors (Lipinski definition) is 11. The summed E-state index contributed by atoms with van der Waals surface area (Å²) in [4.78, 5) is 31.0. The largest absolute Gasteiger partial charge is 0.469 e. The summed E-state index contributed by atoms with van der Waals surface area (Å²) in [5, 5.41) is 7.50. The van der Waals surface area contributed by atoms with Gasteiger partial charge in [0.2, 0.25) is 11.8 Å². The molecule has 0 aromatic carbocycles. The molecule has 47 heavy (non-hydrogen) atoms. The van der Waals surface area contributed by atoms with E-state index in [1.165, 1.54) is 17.3 Å². The summed E-state index contributed by atoms with van der Waals surface area (Å²) in [7, 11) is 0. The minimum absolute atomic E-state index is 0.0357. The van der Waals surface area contributed by atoms with Gasteiger partial charge in [-0.25, -0.2) is 23.5 Å². The monoisotopic (exact) mass is 668 g/mol. The number of halogens is 5. The van der Waals surface area contributed by atoms with Crippen molar-refractivity contribution in [3.63, 3.8) is 0 Å². The quantitative estimate of drug-likeness (QED) is 0.295. The summed E-state index contributed by atoms with van der Waals surface area (Å²) in [5.41, 5.74) is 0.163. The Morgan fingerprint density at radius 3 is 2.40 bits per heavy atom. The summed E-state index contributed by atoms with van der Waals surface area (Å²) in [6.07, 6.45) is 1.44. The fraction of sp³-hybridized carbons (Fsp3) is 0.586. The van der Waals surface area contributed by atoms with E-state index in [9.17, 15) is 26.7 Å². The lowest BCUT2D eigenvalue weighted by molar-refractivity contribution is -0.142. The minimum atomic E-state index is -4.70. The molecular formula is C29H33F5N8O5. The molecule has 1 amide bonds. The van der Waals surface area contributed by atoms with Crippen molar-refractivity contribution in [1.82, 2.24) is 29.7 Å². The van der Waals surface area contributed by atoms with Gasteiger partial charge in [0.1, 0.15) is 11.7 Å². The van der Waals surface area contributed by atoms with Gasteiger partial charge in [-0.15, -0.1) is 0 Å². The Morgan fingerprint density at radius 2 is 1.77 bits per heavy atom. The van der Waals surface area contributed by atoms with Crippen molar-refractivity contribution >= 4 is 17.9 Å². The molecule has 3 aromatic heterocycles. The molecule has 3 aromatic rings. The van der Waals surface area contributed by atoms with Crippen LogP contribution in [0.2, 0.25) is 0 Å². The zero-order chi connectivity index (χ0) is 33.0. The first-order valence-electron chi connectivity index (χ1n) is 15.3. The van der Waals surface area contributed by atoms with Crippen LogP contribution in [-0.4, -0.2) is 93.5 Å². The van der Waals surface area contributed by atoms with Crippen LogP contribution in [0.5, 0.6) is 5.88 Å². The van der Waals surface area contributed by atoms with E-state index < -0.39 is 48.9 Å². The predicted octanol–water partition coefficient (Wildman–Crippen LogP) is 4.91. The fourth-order valence-corrected chi connectivity index (χ4v) is 5.67. The highest BCUT2D eigenvalue weighted by molar-refractivity contribution is 5.87. The second-order valence-corrected chi connectivity index (χ2v) is 11.5. The van der Waals surface area contributed by atoms with Crippen LogP contribution in [0.1, 0.15) is 50.1 Å². The van der Waals surface area contributed by atoms with Crippen LogP contribution in [0.25, 0.3) is 11.3 Å². The molecule has 6 rings (SSSR count). The van der Waals surface area contributed by atoms with E-state index in [1.807, 2.05) is 10.9 Å². The molecule has 5 heterocycles. The molecule has 3 aliphatic rings. The third-order valence-corrected chi connectivity index (χ3v) is 8.22. The summed E-state index contributed by atoms with van der Waals surface area (Å²) in [6.45, 7) is 0.585. The Labute approximate surface area is 265 Å². The second kappa shape index (κ2) is 14.3. The van der Waals surface area contributed by atoms with Crippen LogP contribution in [0.3, 0.4) is 0 Å². The molecule has 0 radical (unpaired) electrons. The van der Waals surface area contributed by atoms with Gasteiger partial charge in [-0.3, -0.25) is 14.6 Å². The van der Waals surface area contributed by atoms with Crippen LogP contribution in [-0.2, 0) is 20.4 Å². The van der Waals surface area contributed by atoms with Gasteiger partial charge < -0.3 is 24.3 Å². The second-order valence-electron chi connectivity index (χ2n) is 11.5. The zero-order valence-electron chi connectivity index (χ0n) is 25.1. The van der Waals surface area contributed by atoms with Gasteiger partial charge in [0, 0.05) is 43.3 Å². The summed E-state index contributed by atoms with van der Waals surface area (Å²) >= 11 is 0. The minimum Gasteiger partial charge on any atom is -0.469 e.